The highest BCUT2D eigenvalue weighted by Gasteiger charge is 2.19. The van der Waals surface area contributed by atoms with E-state index in [9.17, 15) is 9.50 Å². The number of ether oxygens (including phenoxy) is 1. The molecule has 2 aromatic carbocycles. The maximum absolute atomic E-state index is 12.9. The van der Waals surface area contributed by atoms with Gasteiger partial charge in [0.1, 0.15) is 24.3 Å². The Hall–Kier alpha value is -1.66. The van der Waals surface area contributed by atoms with Crippen molar-refractivity contribution in [2.24, 2.45) is 0 Å². The van der Waals surface area contributed by atoms with Crippen molar-refractivity contribution in [1.29, 1.82) is 0 Å². The molecule has 1 fully saturated rings. The van der Waals surface area contributed by atoms with E-state index < -0.39 is 6.10 Å². The summed E-state index contributed by atoms with van der Waals surface area (Å²) >= 11 is 5.92. The minimum Gasteiger partial charge on any atom is -0.491 e. The fourth-order valence-corrected chi connectivity index (χ4v) is 3.18. The number of piperazine rings is 1. The Morgan fingerprint density at radius 3 is 2.23 bits per heavy atom. The number of β-amino-alcohol motifs (C(OH)–C–C–N with tert-alkyl or cyclic N) is 1. The van der Waals surface area contributed by atoms with Crippen molar-refractivity contribution in [2.45, 2.75) is 12.6 Å². The number of benzene rings is 2. The molecule has 1 aliphatic rings. The topological polar surface area (TPSA) is 35.9 Å². The fourth-order valence-electron chi connectivity index (χ4n) is 3.05. The lowest BCUT2D eigenvalue weighted by Gasteiger charge is -2.35. The minimum absolute atomic E-state index is 0.205. The molecular weight excluding hydrogens is 355 g/mol. The van der Waals surface area contributed by atoms with Gasteiger partial charge in [-0.1, -0.05) is 23.7 Å². The second-order valence-corrected chi connectivity index (χ2v) is 7.06. The summed E-state index contributed by atoms with van der Waals surface area (Å²) in [6, 6.07) is 13.8. The Morgan fingerprint density at radius 2 is 1.58 bits per heavy atom. The quantitative estimate of drug-likeness (QED) is 0.803. The fraction of sp³-hybridized carbons (Fsp3) is 0.400. The molecule has 0 amide bonds. The van der Waals surface area contributed by atoms with Crippen molar-refractivity contribution < 1.29 is 14.2 Å². The Morgan fingerprint density at radius 1 is 0.962 bits per heavy atom. The summed E-state index contributed by atoms with van der Waals surface area (Å²) in [5.41, 5.74) is 1.26. The molecule has 0 saturated carbocycles. The number of hydrogen-bond acceptors (Lipinski definition) is 4. The van der Waals surface area contributed by atoms with E-state index in [0.29, 0.717) is 12.3 Å². The highest BCUT2D eigenvalue weighted by molar-refractivity contribution is 6.30. The lowest BCUT2D eigenvalue weighted by atomic mass is 10.2. The van der Waals surface area contributed by atoms with E-state index in [4.69, 9.17) is 16.3 Å². The summed E-state index contributed by atoms with van der Waals surface area (Å²) < 4.78 is 18.4. The van der Waals surface area contributed by atoms with Crippen LogP contribution in [0, 0.1) is 5.82 Å². The lowest BCUT2D eigenvalue weighted by Crippen LogP contribution is -2.48. The van der Waals surface area contributed by atoms with Crippen LogP contribution >= 0.6 is 11.6 Å². The van der Waals surface area contributed by atoms with Gasteiger partial charge in [0.2, 0.25) is 0 Å². The van der Waals surface area contributed by atoms with E-state index in [1.165, 1.54) is 17.7 Å². The van der Waals surface area contributed by atoms with E-state index in [0.717, 1.165) is 37.7 Å². The number of rotatable bonds is 7. The summed E-state index contributed by atoms with van der Waals surface area (Å²) in [5, 5.41) is 10.9. The van der Waals surface area contributed by atoms with Crippen LogP contribution in [0.2, 0.25) is 5.02 Å². The first-order chi connectivity index (χ1) is 12.6. The third-order valence-electron chi connectivity index (χ3n) is 4.51. The van der Waals surface area contributed by atoms with Crippen LogP contribution in [-0.4, -0.2) is 60.3 Å². The molecule has 1 atom stereocenters. The van der Waals surface area contributed by atoms with Gasteiger partial charge in [0.25, 0.3) is 0 Å². The van der Waals surface area contributed by atoms with Gasteiger partial charge in [-0.3, -0.25) is 9.80 Å². The second-order valence-electron chi connectivity index (χ2n) is 6.62. The molecule has 0 aromatic heterocycles. The third kappa shape index (κ3) is 5.95. The summed E-state index contributed by atoms with van der Waals surface area (Å²) in [7, 11) is 0. The Labute approximate surface area is 158 Å². The van der Waals surface area contributed by atoms with Gasteiger partial charge < -0.3 is 9.84 Å². The highest BCUT2D eigenvalue weighted by atomic mass is 35.5. The van der Waals surface area contributed by atoms with E-state index >= 15 is 0 Å². The zero-order chi connectivity index (χ0) is 18.4. The zero-order valence-corrected chi connectivity index (χ0v) is 15.4. The van der Waals surface area contributed by atoms with Gasteiger partial charge in [0.05, 0.1) is 0 Å². The van der Waals surface area contributed by atoms with Crippen molar-refractivity contribution in [3.05, 3.63) is 64.9 Å². The Kier molecular flexibility index (Phi) is 6.86. The molecule has 0 bridgehead atoms. The maximum atomic E-state index is 12.9. The molecule has 6 heteroatoms. The molecule has 1 aliphatic heterocycles. The van der Waals surface area contributed by atoms with Crippen LogP contribution in [0.15, 0.2) is 48.5 Å². The second kappa shape index (κ2) is 9.33. The summed E-state index contributed by atoms with van der Waals surface area (Å²) in [6.45, 7) is 5.47. The molecule has 0 unspecified atom stereocenters. The van der Waals surface area contributed by atoms with Crippen molar-refractivity contribution in [1.82, 2.24) is 9.80 Å². The maximum Gasteiger partial charge on any atom is 0.123 e. The molecular formula is C20H24ClFN2O2. The molecule has 1 saturated heterocycles. The molecule has 3 rings (SSSR count). The smallest absolute Gasteiger partial charge is 0.123 e. The molecule has 4 nitrogen and oxygen atoms in total. The average molecular weight is 379 g/mol. The van der Waals surface area contributed by atoms with Gasteiger partial charge in [0, 0.05) is 44.3 Å². The number of aliphatic hydroxyl groups excluding tert-OH is 1. The molecule has 0 radical (unpaired) electrons. The van der Waals surface area contributed by atoms with Gasteiger partial charge in [-0.15, -0.1) is 0 Å². The predicted molar refractivity (Wildman–Crippen MR) is 101 cm³/mol. The van der Waals surface area contributed by atoms with Gasteiger partial charge >= 0.3 is 0 Å². The average Bonchev–Trinajstić information content (AvgIpc) is 2.65. The van der Waals surface area contributed by atoms with Gasteiger partial charge in [0.15, 0.2) is 0 Å². The molecule has 140 valence electrons. The van der Waals surface area contributed by atoms with Crippen LogP contribution in [0.5, 0.6) is 5.75 Å². The van der Waals surface area contributed by atoms with Gasteiger partial charge in [-0.2, -0.15) is 0 Å². The number of hydrogen-bond donors (Lipinski definition) is 1. The molecule has 1 N–H and O–H groups in total. The standard InChI is InChI=1S/C20H24ClFN2O2/c21-17-3-1-16(2-4-17)13-23-9-11-24(12-10-23)14-19(25)15-26-20-7-5-18(22)6-8-20/h1-8,19,25H,9-15H2/t19-/m0/s1. The zero-order valence-electron chi connectivity index (χ0n) is 14.7. The summed E-state index contributed by atoms with van der Waals surface area (Å²) in [5.74, 6) is 0.271. The van der Waals surface area contributed by atoms with Crippen LogP contribution in [-0.2, 0) is 6.54 Å². The minimum atomic E-state index is -0.567. The predicted octanol–water partition coefficient (Wildman–Crippen LogP) is 3.04. The summed E-state index contributed by atoms with van der Waals surface area (Å²) in [6.07, 6.45) is -0.567. The molecule has 0 aliphatic carbocycles. The monoisotopic (exact) mass is 378 g/mol. The van der Waals surface area contributed by atoms with Crippen LogP contribution in [0.3, 0.4) is 0 Å². The number of aliphatic hydroxyl groups is 1. The van der Waals surface area contributed by atoms with Crippen LogP contribution < -0.4 is 4.74 Å². The lowest BCUT2D eigenvalue weighted by molar-refractivity contribution is 0.0446. The normalized spacial score (nSPS) is 17.2. The number of nitrogens with zero attached hydrogens (tertiary/aromatic N) is 2. The van der Waals surface area contributed by atoms with Crippen LogP contribution in [0.25, 0.3) is 0 Å². The van der Waals surface area contributed by atoms with E-state index in [2.05, 4.69) is 21.9 Å². The van der Waals surface area contributed by atoms with Crippen molar-refractivity contribution >= 4 is 11.6 Å². The first-order valence-electron chi connectivity index (χ1n) is 8.84. The van der Waals surface area contributed by atoms with Crippen molar-refractivity contribution in [3.63, 3.8) is 0 Å². The van der Waals surface area contributed by atoms with Crippen molar-refractivity contribution in [2.75, 3.05) is 39.3 Å². The molecule has 2 aromatic rings. The van der Waals surface area contributed by atoms with Crippen molar-refractivity contribution in [3.8, 4) is 5.75 Å². The van der Waals surface area contributed by atoms with Crippen LogP contribution in [0.4, 0.5) is 4.39 Å². The van der Waals surface area contributed by atoms with E-state index in [1.54, 1.807) is 12.1 Å². The molecule has 0 spiro atoms. The van der Waals surface area contributed by atoms with E-state index in [1.807, 2.05) is 12.1 Å². The highest BCUT2D eigenvalue weighted by Crippen LogP contribution is 2.14. The summed E-state index contributed by atoms with van der Waals surface area (Å²) in [4.78, 5) is 4.65. The van der Waals surface area contributed by atoms with Crippen LogP contribution in [0.1, 0.15) is 5.56 Å². The largest absolute Gasteiger partial charge is 0.491 e. The third-order valence-corrected chi connectivity index (χ3v) is 4.76. The van der Waals surface area contributed by atoms with Gasteiger partial charge in [-0.05, 0) is 42.0 Å². The Bertz CT molecular complexity index is 673. The Balaban J connectivity index is 1.36. The first-order valence-corrected chi connectivity index (χ1v) is 9.22. The van der Waals surface area contributed by atoms with E-state index in [-0.39, 0.29) is 12.4 Å². The van der Waals surface area contributed by atoms with Gasteiger partial charge in [-0.25, -0.2) is 4.39 Å². The molecule has 1 heterocycles. The first kappa shape index (κ1) is 19.1. The number of halogens is 2. The molecule has 26 heavy (non-hydrogen) atoms. The SMILES string of the molecule is O[C@H](COc1ccc(F)cc1)CN1CCN(Cc2ccc(Cl)cc2)CC1.